The normalized spacial score (nSPS) is 14.8. The second-order valence-corrected chi connectivity index (χ2v) is 5.22. The molecule has 0 fully saturated rings. The van der Waals surface area contributed by atoms with Crippen molar-refractivity contribution in [3.63, 3.8) is 0 Å². The van der Waals surface area contributed by atoms with Crippen molar-refractivity contribution in [3.05, 3.63) is 34.9 Å². The summed E-state index contributed by atoms with van der Waals surface area (Å²) in [5, 5.41) is 10.4. The minimum Gasteiger partial charge on any atom is -0.387 e. The van der Waals surface area contributed by atoms with Gasteiger partial charge in [-0.25, -0.2) is 0 Å². The molecule has 0 aromatic heterocycles. The van der Waals surface area contributed by atoms with Gasteiger partial charge in [-0.05, 0) is 44.9 Å². The number of nitrogens with zero attached hydrogens (tertiary/aromatic N) is 1. The highest BCUT2D eigenvalue weighted by Crippen LogP contribution is 2.21. The Morgan fingerprint density at radius 1 is 1.22 bits per heavy atom. The van der Waals surface area contributed by atoms with Crippen molar-refractivity contribution in [3.8, 4) is 0 Å². The van der Waals surface area contributed by atoms with Crippen molar-refractivity contribution < 1.29 is 5.11 Å². The third-order valence-electron chi connectivity index (χ3n) is 3.82. The van der Waals surface area contributed by atoms with Gasteiger partial charge in [0.05, 0.1) is 6.10 Å². The Labute approximate surface area is 112 Å². The van der Waals surface area contributed by atoms with Gasteiger partial charge in [-0.3, -0.25) is 4.90 Å². The highest BCUT2D eigenvalue weighted by Gasteiger charge is 2.17. The van der Waals surface area contributed by atoms with Crippen LogP contribution >= 0.6 is 0 Å². The van der Waals surface area contributed by atoms with Crippen LogP contribution in [-0.4, -0.2) is 29.1 Å². The third kappa shape index (κ3) is 3.82. The molecule has 0 saturated heterocycles. The Bertz CT molecular complexity index is 375. The molecule has 2 atom stereocenters. The summed E-state index contributed by atoms with van der Waals surface area (Å²) in [6, 6.07) is 6.81. The van der Waals surface area contributed by atoms with Gasteiger partial charge in [-0.1, -0.05) is 37.6 Å². The van der Waals surface area contributed by atoms with Gasteiger partial charge in [-0.2, -0.15) is 0 Å². The number of aryl methyl sites for hydroxylation is 2. The van der Waals surface area contributed by atoms with E-state index in [1.54, 1.807) is 0 Å². The van der Waals surface area contributed by atoms with Crippen LogP contribution in [0, 0.1) is 13.8 Å². The number of rotatable bonds is 6. The molecule has 1 aromatic rings. The minimum atomic E-state index is -0.390. The first-order valence-corrected chi connectivity index (χ1v) is 6.98. The molecule has 0 heterocycles. The van der Waals surface area contributed by atoms with Gasteiger partial charge >= 0.3 is 0 Å². The molecule has 0 aliphatic rings. The molecule has 1 rings (SSSR count). The van der Waals surface area contributed by atoms with E-state index in [0.29, 0.717) is 6.04 Å². The van der Waals surface area contributed by atoms with Crippen molar-refractivity contribution in [2.24, 2.45) is 0 Å². The summed E-state index contributed by atoms with van der Waals surface area (Å²) < 4.78 is 0. The molecule has 102 valence electrons. The molecule has 2 heteroatoms. The van der Waals surface area contributed by atoms with Crippen LogP contribution < -0.4 is 0 Å². The predicted molar refractivity (Wildman–Crippen MR) is 77.9 cm³/mol. The van der Waals surface area contributed by atoms with Gasteiger partial charge < -0.3 is 5.11 Å². The van der Waals surface area contributed by atoms with E-state index in [9.17, 15) is 5.11 Å². The topological polar surface area (TPSA) is 23.5 Å². The smallest absolute Gasteiger partial charge is 0.0919 e. The highest BCUT2D eigenvalue weighted by atomic mass is 16.3. The molecule has 1 aromatic carbocycles. The van der Waals surface area contributed by atoms with Crippen molar-refractivity contribution in [1.29, 1.82) is 0 Å². The zero-order valence-corrected chi connectivity index (χ0v) is 12.4. The van der Waals surface area contributed by atoms with Crippen LogP contribution in [0.5, 0.6) is 0 Å². The Morgan fingerprint density at radius 3 is 2.44 bits per heavy atom. The van der Waals surface area contributed by atoms with Crippen LogP contribution in [0.2, 0.25) is 0 Å². The quantitative estimate of drug-likeness (QED) is 0.834. The first-order chi connectivity index (χ1) is 8.49. The van der Waals surface area contributed by atoms with Gasteiger partial charge in [0.15, 0.2) is 0 Å². The van der Waals surface area contributed by atoms with Crippen molar-refractivity contribution in [2.45, 2.75) is 53.2 Å². The molecular weight excluding hydrogens is 222 g/mol. The molecule has 0 spiro atoms. The maximum absolute atomic E-state index is 10.4. The van der Waals surface area contributed by atoms with Crippen LogP contribution in [0.3, 0.4) is 0 Å². The summed E-state index contributed by atoms with van der Waals surface area (Å²) in [5.74, 6) is 0. The minimum absolute atomic E-state index is 0.390. The van der Waals surface area contributed by atoms with Crippen LogP contribution in [0.15, 0.2) is 18.2 Å². The van der Waals surface area contributed by atoms with Gasteiger partial charge in [0.1, 0.15) is 0 Å². The first-order valence-electron chi connectivity index (χ1n) is 6.98. The van der Waals surface area contributed by atoms with Crippen molar-refractivity contribution in [2.75, 3.05) is 13.1 Å². The van der Waals surface area contributed by atoms with Crippen LogP contribution in [0.4, 0.5) is 0 Å². The SMILES string of the molecule is CCC(C)N(CC)CC(O)c1cc(C)ccc1C. The summed E-state index contributed by atoms with van der Waals surface area (Å²) in [7, 11) is 0. The fourth-order valence-corrected chi connectivity index (χ4v) is 2.32. The molecule has 0 bridgehead atoms. The lowest BCUT2D eigenvalue weighted by Gasteiger charge is -2.29. The van der Waals surface area contributed by atoms with E-state index in [1.165, 1.54) is 11.1 Å². The summed E-state index contributed by atoms with van der Waals surface area (Å²) in [4.78, 5) is 2.34. The lowest BCUT2D eigenvalue weighted by atomic mass is 10.00. The largest absolute Gasteiger partial charge is 0.387 e. The Balaban J connectivity index is 2.80. The van der Waals surface area contributed by atoms with E-state index in [0.717, 1.165) is 25.1 Å². The van der Waals surface area contributed by atoms with Gasteiger partial charge in [0, 0.05) is 12.6 Å². The molecule has 0 aliphatic heterocycles. The zero-order valence-electron chi connectivity index (χ0n) is 12.4. The molecule has 0 aliphatic carbocycles. The Kier molecular flexibility index (Phi) is 5.83. The van der Waals surface area contributed by atoms with E-state index in [-0.39, 0.29) is 6.10 Å². The number of hydrogen-bond donors (Lipinski definition) is 1. The predicted octanol–water partition coefficient (Wildman–Crippen LogP) is 3.46. The standard InChI is InChI=1S/C16H27NO/c1-6-14(5)17(7-2)11-16(18)15-10-12(3)8-9-13(15)4/h8-10,14,16,18H,6-7,11H2,1-5H3. The molecule has 0 amide bonds. The molecule has 18 heavy (non-hydrogen) atoms. The maximum atomic E-state index is 10.4. The van der Waals surface area contributed by atoms with Crippen molar-refractivity contribution in [1.82, 2.24) is 4.90 Å². The van der Waals surface area contributed by atoms with Gasteiger partial charge in [0.2, 0.25) is 0 Å². The zero-order chi connectivity index (χ0) is 13.7. The van der Waals surface area contributed by atoms with E-state index in [2.05, 4.69) is 57.7 Å². The fourth-order valence-electron chi connectivity index (χ4n) is 2.32. The van der Waals surface area contributed by atoms with Crippen molar-refractivity contribution >= 4 is 0 Å². The second-order valence-electron chi connectivity index (χ2n) is 5.22. The lowest BCUT2D eigenvalue weighted by Crippen LogP contribution is -2.36. The van der Waals surface area contributed by atoms with E-state index < -0.39 is 0 Å². The van der Waals surface area contributed by atoms with Crippen LogP contribution in [-0.2, 0) is 0 Å². The van der Waals surface area contributed by atoms with E-state index >= 15 is 0 Å². The number of aliphatic hydroxyl groups excluding tert-OH is 1. The number of likely N-dealkylation sites (N-methyl/N-ethyl adjacent to an activating group) is 1. The van der Waals surface area contributed by atoms with Gasteiger partial charge in [-0.15, -0.1) is 0 Å². The maximum Gasteiger partial charge on any atom is 0.0919 e. The van der Waals surface area contributed by atoms with Crippen LogP contribution in [0.1, 0.15) is 50.0 Å². The third-order valence-corrected chi connectivity index (χ3v) is 3.82. The fraction of sp³-hybridized carbons (Fsp3) is 0.625. The molecule has 2 nitrogen and oxygen atoms in total. The number of aliphatic hydroxyl groups is 1. The summed E-state index contributed by atoms with van der Waals surface area (Å²) >= 11 is 0. The highest BCUT2D eigenvalue weighted by molar-refractivity contribution is 5.32. The van der Waals surface area contributed by atoms with E-state index in [1.807, 2.05) is 0 Å². The molecule has 0 radical (unpaired) electrons. The molecule has 2 unspecified atom stereocenters. The lowest BCUT2D eigenvalue weighted by molar-refractivity contribution is 0.0930. The summed E-state index contributed by atoms with van der Waals surface area (Å²) in [5.41, 5.74) is 3.45. The molecule has 1 N–H and O–H groups in total. The summed E-state index contributed by atoms with van der Waals surface area (Å²) in [6.07, 6.45) is 0.728. The monoisotopic (exact) mass is 249 g/mol. The molecular formula is C16H27NO. The number of benzene rings is 1. The first kappa shape index (κ1) is 15.2. The number of hydrogen-bond acceptors (Lipinski definition) is 2. The average Bonchev–Trinajstić information content (AvgIpc) is 2.37. The summed E-state index contributed by atoms with van der Waals surface area (Å²) in [6.45, 7) is 12.4. The Morgan fingerprint density at radius 2 is 1.89 bits per heavy atom. The van der Waals surface area contributed by atoms with E-state index in [4.69, 9.17) is 0 Å². The van der Waals surface area contributed by atoms with Gasteiger partial charge in [0.25, 0.3) is 0 Å². The van der Waals surface area contributed by atoms with Crippen LogP contribution in [0.25, 0.3) is 0 Å². The Hall–Kier alpha value is -0.860. The second kappa shape index (κ2) is 6.91. The average molecular weight is 249 g/mol. The molecule has 0 saturated carbocycles.